The van der Waals surface area contributed by atoms with E-state index in [4.69, 9.17) is 21.3 Å². The predicted molar refractivity (Wildman–Crippen MR) is 70.8 cm³/mol. The average molecular weight is 267 g/mol. The van der Waals surface area contributed by atoms with Gasteiger partial charge in [0.15, 0.2) is 5.82 Å². The van der Waals surface area contributed by atoms with Crippen molar-refractivity contribution in [2.75, 3.05) is 7.11 Å². The summed E-state index contributed by atoms with van der Waals surface area (Å²) >= 11 is 6.17. The number of halogens is 1. The van der Waals surface area contributed by atoms with E-state index in [-0.39, 0.29) is 5.60 Å². The van der Waals surface area contributed by atoms with E-state index in [0.717, 1.165) is 24.4 Å². The van der Waals surface area contributed by atoms with E-state index in [1.165, 1.54) is 32.1 Å². The second-order valence-electron chi connectivity index (χ2n) is 5.47. The highest BCUT2D eigenvalue weighted by Crippen LogP contribution is 2.43. The minimum atomic E-state index is -0.266. The van der Waals surface area contributed by atoms with Crippen molar-refractivity contribution in [1.29, 1.82) is 0 Å². The van der Waals surface area contributed by atoms with Crippen LogP contribution in [0.5, 0.6) is 0 Å². The molecule has 4 heteroatoms. The third-order valence-electron chi connectivity index (χ3n) is 4.45. The number of hydrogen-bond donors (Lipinski definition) is 0. The molecular formula is C14H19ClN2O. The molecule has 0 unspecified atom stereocenters. The maximum Gasteiger partial charge on any atom is 0.162 e. The Balaban J connectivity index is 1.95. The third-order valence-corrected chi connectivity index (χ3v) is 4.64. The molecule has 0 spiro atoms. The van der Waals surface area contributed by atoms with Crippen LogP contribution in [-0.4, -0.2) is 17.1 Å². The van der Waals surface area contributed by atoms with Gasteiger partial charge in [-0.05, 0) is 38.2 Å². The van der Waals surface area contributed by atoms with Gasteiger partial charge in [0.25, 0.3) is 0 Å². The van der Waals surface area contributed by atoms with Gasteiger partial charge in [0.2, 0.25) is 0 Å². The van der Waals surface area contributed by atoms with Gasteiger partial charge in [-0.2, -0.15) is 0 Å². The molecule has 1 aromatic rings. The van der Waals surface area contributed by atoms with Gasteiger partial charge in [0.05, 0.1) is 0 Å². The average Bonchev–Trinajstić information content (AvgIpc) is 2.81. The van der Waals surface area contributed by atoms with Gasteiger partial charge in [-0.3, -0.25) is 0 Å². The van der Waals surface area contributed by atoms with Gasteiger partial charge in [0.1, 0.15) is 10.8 Å². The van der Waals surface area contributed by atoms with Crippen molar-refractivity contribution in [3.05, 3.63) is 22.7 Å². The van der Waals surface area contributed by atoms with Crippen LogP contribution in [0.2, 0.25) is 5.15 Å². The Hall–Kier alpha value is -0.670. The Kier molecular flexibility index (Phi) is 3.29. The zero-order valence-electron chi connectivity index (χ0n) is 10.8. The third kappa shape index (κ3) is 2.04. The van der Waals surface area contributed by atoms with Gasteiger partial charge in [0, 0.05) is 18.7 Å². The van der Waals surface area contributed by atoms with Gasteiger partial charge in [-0.25, -0.2) is 9.97 Å². The molecule has 2 aliphatic rings. The van der Waals surface area contributed by atoms with Crippen LogP contribution in [-0.2, 0) is 10.3 Å². The SMILES string of the molecule is COC1(c2nc(Cl)cc(C3CCCC3)n2)CCC1. The molecule has 0 amide bonds. The fourth-order valence-corrected chi connectivity index (χ4v) is 3.28. The monoisotopic (exact) mass is 266 g/mol. The Morgan fingerprint density at radius 3 is 2.50 bits per heavy atom. The lowest BCUT2D eigenvalue weighted by Crippen LogP contribution is -2.38. The minimum absolute atomic E-state index is 0.266. The van der Waals surface area contributed by atoms with Crippen molar-refractivity contribution < 1.29 is 4.74 Å². The molecule has 2 saturated carbocycles. The summed E-state index contributed by atoms with van der Waals surface area (Å²) in [6.07, 6.45) is 8.26. The maximum atomic E-state index is 6.17. The molecule has 18 heavy (non-hydrogen) atoms. The topological polar surface area (TPSA) is 35.0 Å². The van der Waals surface area contributed by atoms with Crippen LogP contribution < -0.4 is 0 Å². The molecule has 3 rings (SSSR count). The van der Waals surface area contributed by atoms with Crippen LogP contribution >= 0.6 is 11.6 Å². The summed E-state index contributed by atoms with van der Waals surface area (Å²) < 4.78 is 5.65. The summed E-state index contributed by atoms with van der Waals surface area (Å²) in [6.45, 7) is 0. The lowest BCUT2D eigenvalue weighted by atomic mass is 9.79. The molecule has 1 aromatic heterocycles. The molecule has 0 N–H and O–H groups in total. The van der Waals surface area contributed by atoms with Crippen molar-refractivity contribution in [1.82, 2.24) is 9.97 Å². The number of aromatic nitrogens is 2. The molecule has 0 aromatic carbocycles. The van der Waals surface area contributed by atoms with Crippen molar-refractivity contribution in [3.8, 4) is 0 Å². The summed E-state index contributed by atoms with van der Waals surface area (Å²) in [4.78, 5) is 9.16. The van der Waals surface area contributed by atoms with E-state index >= 15 is 0 Å². The fraction of sp³-hybridized carbons (Fsp3) is 0.714. The van der Waals surface area contributed by atoms with Crippen molar-refractivity contribution >= 4 is 11.6 Å². The van der Waals surface area contributed by atoms with Crippen LogP contribution in [0.3, 0.4) is 0 Å². The quantitative estimate of drug-likeness (QED) is 0.781. The minimum Gasteiger partial charge on any atom is -0.370 e. The van der Waals surface area contributed by atoms with E-state index < -0.39 is 0 Å². The van der Waals surface area contributed by atoms with Crippen LogP contribution in [0.15, 0.2) is 6.07 Å². The molecule has 0 bridgehead atoms. The van der Waals surface area contributed by atoms with Crippen molar-refractivity contribution in [2.45, 2.75) is 56.5 Å². The smallest absolute Gasteiger partial charge is 0.162 e. The Bertz CT molecular complexity index is 434. The first kappa shape index (κ1) is 12.4. The standard InChI is InChI=1S/C14H19ClN2O/c1-18-14(7-4-8-14)13-16-11(9-12(15)17-13)10-5-2-3-6-10/h9-10H,2-8H2,1H3. The van der Waals surface area contributed by atoms with E-state index in [0.29, 0.717) is 11.1 Å². The Labute approximate surface area is 113 Å². The molecular weight excluding hydrogens is 248 g/mol. The highest BCUT2D eigenvalue weighted by molar-refractivity contribution is 6.29. The summed E-state index contributed by atoms with van der Waals surface area (Å²) in [5, 5.41) is 0.560. The molecule has 3 nitrogen and oxygen atoms in total. The van der Waals surface area contributed by atoms with Gasteiger partial charge in [-0.15, -0.1) is 0 Å². The normalized spacial score (nSPS) is 23.0. The highest BCUT2D eigenvalue weighted by atomic mass is 35.5. The van der Waals surface area contributed by atoms with Crippen LogP contribution in [0, 0.1) is 0 Å². The number of ether oxygens (including phenoxy) is 1. The van der Waals surface area contributed by atoms with Gasteiger partial charge < -0.3 is 4.74 Å². The van der Waals surface area contributed by atoms with E-state index in [9.17, 15) is 0 Å². The van der Waals surface area contributed by atoms with Crippen molar-refractivity contribution in [3.63, 3.8) is 0 Å². The number of nitrogens with zero attached hydrogens (tertiary/aromatic N) is 2. The predicted octanol–water partition coefficient (Wildman–Crippen LogP) is 3.81. The number of rotatable bonds is 3. The second kappa shape index (κ2) is 4.78. The van der Waals surface area contributed by atoms with E-state index in [1.54, 1.807) is 7.11 Å². The molecule has 1 heterocycles. The van der Waals surface area contributed by atoms with Crippen molar-refractivity contribution in [2.24, 2.45) is 0 Å². The van der Waals surface area contributed by atoms with Crippen LogP contribution in [0.1, 0.15) is 62.4 Å². The number of hydrogen-bond acceptors (Lipinski definition) is 3. The molecule has 2 fully saturated rings. The molecule has 98 valence electrons. The van der Waals surface area contributed by atoms with Crippen LogP contribution in [0.25, 0.3) is 0 Å². The molecule has 0 saturated heterocycles. The first-order valence-electron chi connectivity index (χ1n) is 6.84. The van der Waals surface area contributed by atoms with Crippen LogP contribution in [0.4, 0.5) is 0 Å². The zero-order valence-corrected chi connectivity index (χ0v) is 11.5. The molecule has 0 atom stereocenters. The summed E-state index contributed by atoms with van der Waals surface area (Å²) in [5.74, 6) is 1.36. The van der Waals surface area contributed by atoms with Gasteiger partial charge in [-0.1, -0.05) is 24.4 Å². The Morgan fingerprint density at radius 1 is 1.22 bits per heavy atom. The van der Waals surface area contributed by atoms with E-state index in [2.05, 4.69) is 4.98 Å². The van der Waals surface area contributed by atoms with Gasteiger partial charge >= 0.3 is 0 Å². The van der Waals surface area contributed by atoms with E-state index in [1.807, 2.05) is 6.07 Å². The number of methoxy groups -OCH3 is 1. The molecule has 0 aliphatic heterocycles. The fourth-order valence-electron chi connectivity index (χ4n) is 3.09. The Morgan fingerprint density at radius 2 is 1.94 bits per heavy atom. The zero-order chi connectivity index (χ0) is 12.6. The maximum absolute atomic E-state index is 6.17. The molecule has 2 aliphatic carbocycles. The summed E-state index contributed by atoms with van der Waals surface area (Å²) in [5.41, 5.74) is 0.851. The second-order valence-corrected chi connectivity index (χ2v) is 5.86. The summed E-state index contributed by atoms with van der Waals surface area (Å²) in [7, 11) is 1.75. The lowest BCUT2D eigenvalue weighted by Gasteiger charge is -2.39. The first-order valence-corrected chi connectivity index (χ1v) is 7.21. The largest absolute Gasteiger partial charge is 0.370 e. The molecule has 0 radical (unpaired) electrons. The first-order chi connectivity index (χ1) is 8.73. The lowest BCUT2D eigenvalue weighted by molar-refractivity contribution is -0.0848. The summed E-state index contributed by atoms with van der Waals surface area (Å²) in [6, 6.07) is 1.93. The highest BCUT2D eigenvalue weighted by Gasteiger charge is 2.42.